The van der Waals surface area contributed by atoms with E-state index in [9.17, 15) is 4.79 Å². The Hall–Kier alpha value is -1.31. The molecule has 1 saturated heterocycles. The number of fused-ring (bicyclic) bond motifs is 2. The molecular formula is C24H37IN4O. The van der Waals surface area contributed by atoms with Crippen LogP contribution in [0.4, 0.5) is 0 Å². The van der Waals surface area contributed by atoms with Gasteiger partial charge in [0, 0.05) is 45.7 Å². The molecule has 1 aromatic carbocycles. The van der Waals surface area contributed by atoms with Gasteiger partial charge in [-0.15, -0.1) is 24.0 Å². The van der Waals surface area contributed by atoms with Crippen LogP contribution >= 0.6 is 24.0 Å². The molecule has 0 spiro atoms. The third kappa shape index (κ3) is 5.68. The van der Waals surface area contributed by atoms with Crippen molar-refractivity contribution < 1.29 is 4.79 Å². The predicted octanol–water partition coefficient (Wildman–Crippen LogP) is 4.06. The van der Waals surface area contributed by atoms with Crippen LogP contribution in [-0.4, -0.2) is 54.4 Å². The summed E-state index contributed by atoms with van der Waals surface area (Å²) in [6.07, 6.45) is 7.95. The van der Waals surface area contributed by atoms with Gasteiger partial charge in [-0.3, -0.25) is 9.79 Å². The van der Waals surface area contributed by atoms with E-state index in [1.54, 1.807) is 0 Å². The van der Waals surface area contributed by atoms with Crippen LogP contribution < -0.4 is 5.32 Å². The molecule has 2 heterocycles. The normalized spacial score (nSPS) is 23.4. The molecule has 0 radical (unpaired) electrons. The molecule has 1 aliphatic carbocycles. The Balaban J connectivity index is 0.00000256. The summed E-state index contributed by atoms with van der Waals surface area (Å²) in [7, 11) is 0. The molecule has 6 heteroatoms. The number of guanidine groups is 1. The van der Waals surface area contributed by atoms with Crippen molar-refractivity contribution in [3.63, 3.8) is 0 Å². The van der Waals surface area contributed by atoms with E-state index in [-0.39, 0.29) is 29.9 Å². The standard InChI is InChI=1S/C24H36N4O.HI/c1-2-25-24(28-17-21-10-5-6-11-22(21)18-28)26-14-7-12-23(29)27-15-13-19-8-3-4-9-20(19)16-27;/h3-4,8-9,21-22H,2,5-7,10-18H2,1H3,(H,25,26);1H. The first-order valence-electron chi connectivity index (χ1n) is 11.6. The van der Waals surface area contributed by atoms with Gasteiger partial charge in [-0.05, 0) is 55.6 Å². The van der Waals surface area contributed by atoms with Crippen LogP contribution in [0.2, 0.25) is 0 Å². The third-order valence-corrected chi connectivity index (χ3v) is 6.90. The minimum absolute atomic E-state index is 0. The molecular weight excluding hydrogens is 487 g/mol. The molecule has 1 aromatic rings. The smallest absolute Gasteiger partial charge is 0.222 e. The van der Waals surface area contributed by atoms with E-state index in [4.69, 9.17) is 4.99 Å². The molecule has 1 amide bonds. The van der Waals surface area contributed by atoms with E-state index < -0.39 is 0 Å². The summed E-state index contributed by atoms with van der Waals surface area (Å²) in [4.78, 5) is 22.0. The molecule has 30 heavy (non-hydrogen) atoms. The molecule has 1 saturated carbocycles. The Labute approximate surface area is 198 Å². The first-order valence-corrected chi connectivity index (χ1v) is 11.6. The number of halogens is 1. The Kier molecular flexibility index (Phi) is 8.84. The molecule has 2 fully saturated rings. The van der Waals surface area contributed by atoms with E-state index in [2.05, 4.69) is 41.4 Å². The van der Waals surface area contributed by atoms with Crippen molar-refractivity contribution in [2.45, 2.75) is 58.4 Å². The van der Waals surface area contributed by atoms with Gasteiger partial charge in [0.25, 0.3) is 0 Å². The van der Waals surface area contributed by atoms with Crippen LogP contribution in [-0.2, 0) is 17.8 Å². The van der Waals surface area contributed by atoms with Crippen molar-refractivity contribution in [1.82, 2.24) is 15.1 Å². The Morgan fingerprint density at radius 2 is 1.80 bits per heavy atom. The van der Waals surface area contributed by atoms with Crippen molar-refractivity contribution >= 4 is 35.8 Å². The highest BCUT2D eigenvalue weighted by atomic mass is 127. The zero-order chi connectivity index (χ0) is 20.1. The topological polar surface area (TPSA) is 47.9 Å². The number of likely N-dealkylation sites (tertiary alicyclic amines) is 1. The fourth-order valence-corrected chi connectivity index (χ4v) is 5.29. The van der Waals surface area contributed by atoms with E-state index >= 15 is 0 Å². The minimum Gasteiger partial charge on any atom is -0.357 e. The Morgan fingerprint density at radius 1 is 1.10 bits per heavy atom. The van der Waals surface area contributed by atoms with Gasteiger partial charge in [0.05, 0.1) is 0 Å². The zero-order valence-electron chi connectivity index (χ0n) is 18.3. The van der Waals surface area contributed by atoms with Crippen molar-refractivity contribution in [1.29, 1.82) is 0 Å². The Bertz CT molecular complexity index is 724. The van der Waals surface area contributed by atoms with Gasteiger partial charge in [-0.1, -0.05) is 37.1 Å². The van der Waals surface area contributed by atoms with Gasteiger partial charge in [0.15, 0.2) is 5.96 Å². The van der Waals surface area contributed by atoms with E-state index in [0.717, 1.165) is 69.9 Å². The Morgan fingerprint density at radius 3 is 2.50 bits per heavy atom. The summed E-state index contributed by atoms with van der Waals surface area (Å²) in [6.45, 7) is 7.68. The molecule has 2 atom stereocenters. The SMILES string of the molecule is CCNC(=NCCCC(=O)N1CCc2ccccc2C1)N1CC2CCCCC2C1.I. The monoisotopic (exact) mass is 524 g/mol. The molecule has 0 aromatic heterocycles. The summed E-state index contributed by atoms with van der Waals surface area (Å²) in [5.74, 6) is 3.04. The maximum absolute atomic E-state index is 12.7. The van der Waals surface area contributed by atoms with Crippen LogP contribution in [0.1, 0.15) is 56.6 Å². The molecule has 1 N–H and O–H groups in total. The second-order valence-electron chi connectivity index (χ2n) is 8.88. The number of benzene rings is 1. The number of amides is 1. The third-order valence-electron chi connectivity index (χ3n) is 6.90. The predicted molar refractivity (Wildman–Crippen MR) is 133 cm³/mol. The van der Waals surface area contributed by atoms with Crippen molar-refractivity contribution in [3.8, 4) is 0 Å². The van der Waals surface area contributed by atoms with Gasteiger partial charge in [0.1, 0.15) is 0 Å². The molecule has 4 rings (SSSR count). The highest BCUT2D eigenvalue weighted by Crippen LogP contribution is 2.35. The van der Waals surface area contributed by atoms with Crippen molar-refractivity contribution in [2.24, 2.45) is 16.8 Å². The fourth-order valence-electron chi connectivity index (χ4n) is 5.29. The summed E-state index contributed by atoms with van der Waals surface area (Å²) in [5, 5.41) is 3.48. The largest absolute Gasteiger partial charge is 0.357 e. The number of carbonyl (C=O) groups is 1. The van der Waals surface area contributed by atoms with Crippen molar-refractivity contribution in [2.75, 3.05) is 32.7 Å². The number of hydrogen-bond acceptors (Lipinski definition) is 2. The minimum atomic E-state index is 0. The number of nitrogens with one attached hydrogen (secondary N) is 1. The summed E-state index contributed by atoms with van der Waals surface area (Å²) in [6, 6.07) is 8.49. The van der Waals surface area contributed by atoms with Crippen LogP contribution in [0, 0.1) is 11.8 Å². The van der Waals surface area contributed by atoms with E-state index in [1.165, 1.54) is 36.8 Å². The van der Waals surface area contributed by atoms with Crippen LogP contribution in [0.15, 0.2) is 29.3 Å². The van der Waals surface area contributed by atoms with Crippen LogP contribution in [0.3, 0.4) is 0 Å². The number of hydrogen-bond donors (Lipinski definition) is 1. The number of carbonyl (C=O) groups excluding carboxylic acids is 1. The molecule has 5 nitrogen and oxygen atoms in total. The lowest BCUT2D eigenvalue weighted by Gasteiger charge is -2.29. The first kappa shape index (κ1) is 23.4. The summed E-state index contributed by atoms with van der Waals surface area (Å²) >= 11 is 0. The maximum atomic E-state index is 12.7. The first-order chi connectivity index (χ1) is 14.2. The lowest BCUT2D eigenvalue weighted by Crippen LogP contribution is -2.40. The van der Waals surface area contributed by atoms with Gasteiger partial charge < -0.3 is 15.1 Å². The van der Waals surface area contributed by atoms with Gasteiger partial charge in [-0.2, -0.15) is 0 Å². The molecule has 3 aliphatic rings. The number of aliphatic imine (C=N–C) groups is 1. The second-order valence-corrected chi connectivity index (χ2v) is 8.88. The molecule has 0 bridgehead atoms. The van der Waals surface area contributed by atoms with Gasteiger partial charge in [0.2, 0.25) is 5.91 Å². The summed E-state index contributed by atoms with van der Waals surface area (Å²) in [5.41, 5.74) is 2.69. The van der Waals surface area contributed by atoms with Gasteiger partial charge in [-0.25, -0.2) is 0 Å². The lowest BCUT2D eigenvalue weighted by atomic mass is 9.82. The molecule has 2 aliphatic heterocycles. The zero-order valence-corrected chi connectivity index (χ0v) is 20.6. The summed E-state index contributed by atoms with van der Waals surface area (Å²) < 4.78 is 0. The van der Waals surface area contributed by atoms with Crippen LogP contribution in [0.5, 0.6) is 0 Å². The second kappa shape index (κ2) is 11.3. The number of rotatable bonds is 5. The molecule has 166 valence electrons. The highest BCUT2D eigenvalue weighted by molar-refractivity contribution is 14.0. The van der Waals surface area contributed by atoms with Crippen LogP contribution in [0.25, 0.3) is 0 Å². The maximum Gasteiger partial charge on any atom is 0.222 e. The number of nitrogens with zero attached hydrogens (tertiary/aromatic N) is 3. The van der Waals surface area contributed by atoms with Gasteiger partial charge >= 0.3 is 0 Å². The lowest BCUT2D eigenvalue weighted by molar-refractivity contribution is -0.132. The average Bonchev–Trinajstić information content (AvgIpc) is 3.19. The highest BCUT2D eigenvalue weighted by Gasteiger charge is 2.35. The average molecular weight is 524 g/mol. The van der Waals surface area contributed by atoms with Crippen molar-refractivity contribution in [3.05, 3.63) is 35.4 Å². The van der Waals surface area contributed by atoms with E-state index in [1.807, 2.05) is 4.90 Å². The fraction of sp³-hybridized carbons (Fsp3) is 0.667. The molecule has 2 unspecified atom stereocenters. The quantitative estimate of drug-likeness (QED) is 0.274. The van der Waals surface area contributed by atoms with E-state index in [0.29, 0.717) is 6.42 Å².